The van der Waals surface area contributed by atoms with E-state index < -0.39 is 0 Å². The van der Waals surface area contributed by atoms with Crippen molar-refractivity contribution < 1.29 is 4.42 Å². The molecule has 7 aromatic carbocycles. The highest BCUT2D eigenvalue weighted by atomic mass is 16.3. The highest BCUT2D eigenvalue weighted by Crippen LogP contribution is 2.41. The van der Waals surface area contributed by atoms with Gasteiger partial charge in [0.1, 0.15) is 5.52 Å². The summed E-state index contributed by atoms with van der Waals surface area (Å²) < 4.78 is 11.3. The molecule has 0 radical (unpaired) electrons. The molecule has 59 heavy (non-hydrogen) atoms. The van der Waals surface area contributed by atoms with Gasteiger partial charge in [-0.3, -0.25) is 4.98 Å². The van der Waals surface area contributed by atoms with E-state index >= 15 is 0 Å². The number of benzene rings is 7. The van der Waals surface area contributed by atoms with Gasteiger partial charge in [-0.15, -0.1) is 0 Å². The Bertz CT molecular complexity index is 3330. The molecule has 0 aliphatic carbocycles. The summed E-state index contributed by atoms with van der Waals surface area (Å²) in [7, 11) is 0. The third-order valence-electron chi connectivity index (χ3n) is 12.1. The Morgan fingerprint density at radius 3 is 1.69 bits per heavy atom. The van der Waals surface area contributed by atoms with Gasteiger partial charge < -0.3 is 13.6 Å². The van der Waals surface area contributed by atoms with Gasteiger partial charge in [-0.2, -0.15) is 0 Å². The summed E-state index contributed by atoms with van der Waals surface area (Å²) in [5.41, 5.74) is 15.1. The van der Waals surface area contributed by atoms with Crippen LogP contribution in [0.25, 0.3) is 99.6 Å². The first-order valence-electron chi connectivity index (χ1n) is 20.5. The molecule has 4 aromatic heterocycles. The molecule has 286 valence electrons. The lowest BCUT2D eigenvalue weighted by Gasteiger charge is -2.19. The highest BCUT2D eigenvalue weighted by Gasteiger charge is 2.22. The van der Waals surface area contributed by atoms with Crippen LogP contribution in [-0.4, -0.2) is 19.1 Å². The molecule has 5 heteroatoms. The fourth-order valence-corrected chi connectivity index (χ4v) is 8.95. The molecule has 0 fully saturated rings. The lowest BCUT2D eigenvalue weighted by Crippen LogP contribution is -2.10. The third-order valence-corrected chi connectivity index (χ3v) is 12.1. The smallest absolute Gasteiger partial charge is 0.227 e. The Hall–Kier alpha value is -6.98. The molecule has 0 aliphatic heterocycles. The largest absolute Gasteiger partial charge is 0.436 e. The summed E-state index contributed by atoms with van der Waals surface area (Å²) in [6, 6.07) is 55.1. The second kappa shape index (κ2) is 12.8. The minimum absolute atomic E-state index is 0.0432. The Morgan fingerprint density at radius 1 is 0.475 bits per heavy atom. The summed E-state index contributed by atoms with van der Waals surface area (Å²) in [6.07, 6.45) is 1.81. The monoisotopic (exact) mass is 764 g/mol. The van der Waals surface area contributed by atoms with Gasteiger partial charge in [0, 0.05) is 49.9 Å². The van der Waals surface area contributed by atoms with E-state index in [2.05, 4.69) is 189 Å². The van der Waals surface area contributed by atoms with E-state index in [1.165, 1.54) is 43.7 Å². The van der Waals surface area contributed by atoms with Crippen LogP contribution in [-0.2, 0) is 10.8 Å². The normalized spacial score (nSPS) is 12.6. The first kappa shape index (κ1) is 35.2. The van der Waals surface area contributed by atoms with Gasteiger partial charge in [0.05, 0.1) is 33.3 Å². The summed E-state index contributed by atoms with van der Waals surface area (Å²) >= 11 is 0. The minimum atomic E-state index is 0.0432. The molecular weight excluding hydrogens is 721 g/mol. The Labute approximate surface area is 343 Å². The van der Waals surface area contributed by atoms with Crippen molar-refractivity contribution in [2.24, 2.45) is 0 Å². The van der Waals surface area contributed by atoms with Crippen molar-refractivity contribution in [3.63, 3.8) is 0 Å². The number of hydrogen-bond acceptors (Lipinski definition) is 3. The van der Waals surface area contributed by atoms with Crippen LogP contribution in [0.5, 0.6) is 0 Å². The lowest BCUT2D eigenvalue weighted by molar-refractivity contribution is 0.590. The number of fused-ring (bicyclic) bond motifs is 9. The number of rotatable bonds is 4. The molecule has 5 nitrogen and oxygen atoms in total. The molecule has 0 atom stereocenters. The van der Waals surface area contributed by atoms with Gasteiger partial charge in [0.25, 0.3) is 0 Å². The molecule has 4 heterocycles. The second-order valence-electron chi connectivity index (χ2n) is 18.0. The number of pyridine rings is 1. The Kier molecular flexibility index (Phi) is 7.61. The van der Waals surface area contributed by atoms with Crippen LogP contribution in [0.3, 0.4) is 0 Å². The van der Waals surface area contributed by atoms with E-state index in [1.54, 1.807) is 0 Å². The van der Waals surface area contributed by atoms with Gasteiger partial charge in [0.15, 0.2) is 5.58 Å². The Morgan fingerprint density at radius 2 is 1.07 bits per heavy atom. The molecule has 11 rings (SSSR count). The maximum absolute atomic E-state index is 6.47. The van der Waals surface area contributed by atoms with Crippen molar-refractivity contribution in [2.75, 3.05) is 0 Å². The molecule has 0 aliphatic rings. The van der Waals surface area contributed by atoms with Crippen molar-refractivity contribution in [2.45, 2.75) is 52.4 Å². The van der Waals surface area contributed by atoms with E-state index in [4.69, 9.17) is 9.40 Å². The summed E-state index contributed by atoms with van der Waals surface area (Å²) in [5, 5.41) is 6.04. The van der Waals surface area contributed by atoms with Crippen LogP contribution < -0.4 is 0 Å². The van der Waals surface area contributed by atoms with Crippen LogP contribution >= 0.6 is 0 Å². The summed E-state index contributed by atoms with van der Waals surface area (Å²) in [5.74, 6) is 0.567. The molecule has 0 N–H and O–H groups in total. The van der Waals surface area contributed by atoms with Crippen LogP contribution in [0.2, 0.25) is 0 Å². The number of aromatic nitrogens is 4. The average molecular weight is 765 g/mol. The zero-order valence-corrected chi connectivity index (χ0v) is 34.2. The quantitative estimate of drug-likeness (QED) is 0.179. The van der Waals surface area contributed by atoms with Crippen molar-refractivity contribution in [3.05, 3.63) is 169 Å². The summed E-state index contributed by atoms with van der Waals surface area (Å²) in [4.78, 5) is 9.70. The number of hydrogen-bond donors (Lipinski definition) is 0. The topological polar surface area (TPSA) is 48.8 Å². The van der Waals surface area contributed by atoms with Gasteiger partial charge in [-0.25, -0.2) is 4.98 Å². The number of oxazole rings is 1. The van der Waals surface area contributed by atoms with E-state index in [-0.39, 0.29) is 10.8 Å². The van der Waals surface area contributed by atoms with Gasteiger partial charge >= 0.3 is 0 Å². The molecular formula is C54H44N4O. The number of nitrogens with zero attached hydrogens (tertiary/aromatic N) is 4. The van der Waals surface area contributed by atoms with Crippen LogP contribution in [0.4, 0.5) is 0 Å². The zero-order chi connectivity index (χ0) is 40.2. The minimum Gasteiger partial charge on any atom is -0.436 e. The van der Waals surface area contributed by atoms with Crippen LogP contribution in [0.15, 0.2) is 162 Å². The van der Waals surface area contributed by atoms with Gasteiger partial charge in [-0.1, -0.05) is 114 Å². The predicted octanol–water partition coefficient (Wildman–Crippen LogP) is 14.5. The molecule has 0 unspecified atom stereocenters. The van der Waals surface area contributed by atoms with Crippen LogP contribution in [0, 0.1) is 0 Å². The molecule has 0 spiro atoms. The van der Waals surface area contributed by atoms with Gasteiger partial charge in [0.2, 0.25) is 5.89 Å². The fraction of sp³-hybridized carbons (Fsp3) is 0.148. The van der Waals surface area contributed by atoms with E-state index in [0.717, 1.165) is 61.1 Å². The van der Waals surface area contributed by atoms with Gasteiger partial charge in [-0.05, 0) is 106 Å². The van der Waals surface area contributed by atoms with Crippen molar-refractivity contribution in [1.29, 1.82) is 0 Å². The molecule has 0 bridgehead atoms. The van der Waals surface area contributed by atoms with E-state index in [1.807, 2.05) is 24.4 Å². The molecule has 11 aromatic rings. The zero-order valence-electron chi connectivity index (χ0n) is 34.2. The third kappa shape index (κ3) is 5.60. The first-order chi connectivity index (χ1) is 28.5. The standard InChI is InChI=1S/C54H44N4O/c1-53(2,3)36-21-26-46-42(31-36)43-32-37(54(4,5)6)22-27-47(43)57(46)38-23-17-33(18-24-38)39-25-19-35(52-56-51-49(59-52)28-20-34-12-11-29-55-50(34)51)30-48(39)58-44-15-9-7-13-40(44)41-14-8-10-16-45(41)58/h7-32H,1-6H3. The van der Waals surface area contributed by atoms with Crippen molar-refractivity contribution >= 4 is 65.6 Å². The van der Waals surface area contributed by atoms with Crippen molar-refractivity contribution in [3.8, 4) is 34.0 Å². The van der Waals surface area contributed by atoms with E-state index in [9.17, 15) is 0 Å². The number of para-hydroxylation sites is 2. The molecule has 0 saturated carbocycles. The van der Waals surface area contributed by atoms with Crippen molar-refractivity contribution in [1.82, 2.24) is 19.1 Å². The summed E-state index contributed by atoms with van der Waals surface area (Å²) in [6.45, 7) is 13.7. The first-order valence-corrected chi connectivity index (χ1v) is 20.5. The molecule has 0 saturated heterocycles. The highest BCUT2D eigenvalue weighted by molar-refractivity contribution is 6.11. The molecule has 0 amide bonds. The maximum atomic E-state index is 6.47. The fourth-order valence-electron chi connectivity index (χ4n) is 8.95. The second-order valence-corrected chi connectivity index (χ2v) is 18.0. The van der Waals surface area contributed by atoms with E-state index in [0.29, 0.717) is 5.89 Å². The van der Waals surface area contributed by atoms with Crippen LogP contribution in [0.1, 0.15) is 52.7 Å². The SMILES string of the molecule is CC(C)(C)c1ccc2c(c1)c1cc(C(C)(C)C)ccc1n2-c1ccc(-c2ccc(-c3nc4c(ccc5cccnc54)o3)cc2-n2c3ccccc3c3ccccc32)cc1. The maximum Gasteiger partial charge on any atom is 0.227 e. The predicted molar refractivity (Wildman–Crippen MR) is 246 cm³/mol. The lowest BCUT2D eigenvalue weighted by atomic mass is 9.85. The average Bonchev–Trinajstić information content (AvgIpc) is 3.93. The Balaban J connectivity index is 1.11.